The van der Waals surface area contributed by atoms with Crippen molar-refractivity contribution in [2.24, 2.45) is 5.73 Å². The number of nitrogens with one attached hydrogen (secondary N) is 2. The van der Waals surface area contributed by atoms with E-state index >= 15 is 0 Å². The van der Waals surface area contributed by atoms with Crippen LogP contribution in [0, 0.1) is 0 Å². The van der Waals surface area contributed by atoms with E-state index in [9.17, 15) is 9.59 Å². The van der Waals surface area contributed by atoms with Crippen molar-refractivity contribution in [2.45, 2.75) is 0 Å². The Morgan fingerprint density at radius 1 is 0.905 bits per heavy atom. The number of ether oxygens (including phenoxy) is 1. The van der Waals surface area contributed by atoms with Gasteiger partial charge in [-0.05, 0) is 48.5 Å². The minimum atomic E-state index is -0.634. The molecular weight excluding hydrogens is 270 g/mol. The molecule has 0 unspecified atom stereocenters. The van der Waals surface area contributed by atoms with Gasteiger partial charge in [0.1, 0.15) is 5.75 Å². The van der Waals surface area contributed by atoms with Gasteiger partial charge in [-0.3, -0.25) is 4.79 Å². The second-order valence-electron chi connectivity index (χ2n) is 4.25. The molecule has 6 heteroatoms. The summed E-state index contributed by atoms with van der Waals surface area (Å²) in [4.78, 5) is 22.7. The van der Waals surface area contributed by atoms with Crippen molar-refractivity contribution in [1.82, 2.24) is 0 Å². The number of hydrogen-bond donors (Lipinski definition) is 3. The molecule has 0 radical (unpaired) electrons. The summed E-state index contributed by atoms with van der Waals surface area (Å²) in [6.07, 6.45) is 0. The first-order chi connectivity index (χ1) is 10.1. The lowest BCUT2D eigenvalue weighted by Gasteiger charge is -2.07. The van der Waals surface area contributed by atoms with Crippen LogP contribution in [0.4, 0.5) is 16.2 Å². The minimum absolute atomic E-state index is 0.228. The molecule has 4 N–H and O–H groups in total. The van der Waals surface area contributed by atoms with Crippen LogP contribution in [0.25, 0.3) is 0 Å². The van der Waals surface area contributed by atoms with Crippen LogP contribution in [0.5, 0.6) is 5.75 Å². The van der Waals surface area contributed by atoms with Crippen molar-refractivity contribution in [1.29, 1.82) is 0 Å². The molecule has 6 nitrogen and oxygen atoms in total. The van der Waals surface area contributed by atoms with Crippen molar-refractivity contribution >= 4 is 23.3 Å². The van der Waals surface area contributed by atoms with Crippen LogP contribution in [-0.4, -0.2) is 19.0 Å². The maximum atomic E-state index is 12.0. The molecule has 2 aromatic rings. The Morgan fingerprint density at radius 3 is 1.90 bits per heavy atom. The summed E-state index contributed by atoms with van der Waals surface area (Å²) >= 11 is 0. The normalized spacial score (nSPS) is 9.76. The van der Waals surface area contributed by atoms with Crippen molar-refractivity contribution in [3.63, 3.8) is 0 Å². The summed E-state index contributed by atoms with van der Waals surface area (Å²) in [5.74, 6) is 0.460. The second-order valence-corrected chi connectivity index (χ2v) is 4.25. The lowest BCUT2D eigenvalue weighted by atomic mass is 10.2. The highest BCUT2D eigenvalue weighted by molar-refractivity contribution is 6.04. The Labute approximate surface area is 121 Å². The topological polar surface area (TPSA) is 93.4 Å². The van der Waals surface area contributed by atoms with Gasteiger partial charge >= 0.3 is 6.03 Å². The van der Waals surface area contributed by atoms with E-state index in [2.05, 4.69) is 10.6 Å². The molecule has 2 rings (SSSR count). The van der Waals surface area contributed by atoms with Gasteiger partial charge in [0, 0.05) is 16.9 Å². The maximum Gasteiger partial charge on any atom is 0.316 e. The Hall–Kier alpha value is -3.02. The molecule has 0 aliphatic rings. The average molecular weight is 285 g/mol. The molecule has 0 aliphatic heterocycles. The first-order valence-electron chi connectivity index (χ1n) is 6.20. The van der Waals surface area contributed by atoms with E-state index in [0.717, 1.165) is 0 Å². The number of urea groups is 1. The van der Waals surface area contributed by atoms with E-state index in [1.165, 1.54) is 0 Å². The summed E-state index contributed by atoms with van der Waals surface area (Å²) in [7, 11) is 1.57. The van der Waals surface area contributed by atoms with E-state index in [0.29, 0.717) is 22.7 Å². The molecule has 0 aliphatic carbocycles. The minimum Gasteiger partial charge on any atom is -0.497 e. The summed E-state index contributed by atoms with van der Waals surface area (Å²) in [6, 6.07) is 12.8. The Kier molecular flexibility index (Phi) is 4.40. The van der Waals surface area contributed by atoms with Crippen molar-refractivity contribution in [3.8, 4) is 5.75 Å². The Balaban J connectivity index is 2.03. The number of carbonyl (C=O) groups excluding carboxylic acids is 2. The predicted molar refractivity (Wildman–Crippen MR) is 80.6 cm³/mol. The number of carbonyl (C=O) groups is 2. The highest BCUT2D eigenvalue weighted by atomic mass is 16.5. The highest BCUT2D eigenvalue weighted by Crippen LogP contribution is 2.16. The van der Waals surface area contributed by atoms with E-state index in [-0.39, 0.29) is 5.91 Å². The predicted octanol–water partition coefficient (Wildman–Crippen LogP) is 2.44. The zero-order valence-corrected chi connectivity index (χ0v) is 11.4. The van der Waals surface area contributed by atoms with Crippen molar-refractivity contribution in [2.75, 3.05) is 17.7 Å². The zero-order valence-electron chi connectivity index (χ0n) is 11.4. The number of hydrogen-bond acceptors (Lipinski definition) is 3. The van der Waals surface area contributed by atoms with Crippen LogP contribution in [-0.2, 0) is 0 Å². The van der Waals surface area contributed by atoms with Crippen molar-refractivity contribution in [3.05, 3.63) is 54.1 Å². The average Bonchev–Trinajstić information content (AvgIpc) is 2.49. The number of benzene rings is 2. The number of anilines is 2. The van der Waals surface area contributed by atoms with Crippen LogP contribution >= 0.6 is 0 Å². The third-order valence-corrected chi connectivity index (χ3v) is 2.76. The standard InChI is InChI=1S/C15H15N3O3/c1-21-13-8-2-10(3-9-13)14(19)17-11-4-6-12(7-5-11)18-15(16)20/h2-9H,1H3,(H,17,19)(H3,16,18,20). The molecule has 0 aromatic heterocycles. The number of primary amides is 1. The molecule has 108 valence electrons. The van der Waals surface area contributed by atoms with Gasteiger partial charge in [0.25, 0.3) is 5.91 Å². The Bertz CT molecular complexity index is 636. The number of methoxy groups -OCH3 is 1. The van der Waals surface area contributed by atoms with E-state index in [4.69, 9.17) is 10.5 Å². The molecule has 0 saturated carbocycles. The zero-order chi connectivity index (χ0) is 15.2. The summed E-state index contributed by atoms with van der Waals surface area (Å²) in [6.45, 7) is 0. The van der Waals surface area contributed by atoms with E-state index in [1.807, 2.05) is 0 Å². The molecule has 0 saturated heterocycles. The first-order valence-corrected chi connectivity index (χ1v) is 6.20. The molecular formula is C15H15N3O3. The molecule has 0 spiro atoms. The van der Waals surface area contributed by atoms with Crippen molar-refractivity contribution < 1.29 is 14.3 Å². The van der Waals surface area contributed by atoms with Gasteiger partial charge in [0.15, 0.2) is 0 Å². The van der Waals surface area contributed by atoms with Crippen LogP contribution in [0.1, 0.15) is 10.4 Å². The molecule has 0 bridgehead atoms. The van der Waals surface area contributed by atoms with E-state index < -0.39 is 6.03 Å². The third kappa shape index (κ3) is 3.97. The number of nitrogens with two attached hydrogens (primary N) is 1. The molecule has 21 heavy (non-hydrogen) atoms. The molecule has 0 atom stereocenters. The van der Waals surface area contributed by atoms with Gasteiger partial charge in [-0.15, -0.1) is 0 Å². The van der Waals surface area contributed by atoms with Crippen LogP contribution in [0.2, 0.25) is 0 Å². The fraction of sp³-hybridized carbons (Fsp3) is 0.0667. The van der Waals surface area contributed by atoms with Crippen LogP contribution in [0.3, 0.4) is 0 Å². The van der Waals surface area contributed by atoms with Gasteiger partial charge in [-0.2, -0.15) is 0 Å². The second kappa shape index (κ2) is 6.42. The number of rotatable bonds is 4. The largest absolute Gasteiger partial charge is 0.497 e. The number of amides is 3. The van der Waals surface area contributed by atoms with Gasteiger partial charge in [-0.1, -0.05) is 0 Å². The highest BCUT2D eigenvalue weighted by Gasteiger charge is 2.06. The third-order valence-electron chi connectivity index (χ3n) is 2.76. The maximum absolute atomic E-state index is 12.0. The van der Waals surface area contributed by atoms with Gasteiger partial charge in [0.2, 0.25) is 0 Å². The van der Waals surface area contributed by atoms with Gasteiger partial charge in [0.05, 0.1) is 7.11 Å². The first kappa shape index (κ1) is 14.4. The van der Waals surface area contributed by atoms with Crippen LogP contribution in [0.15, 0.2) is 48.5 Å². The molecule has 0 heterocycles. The van der Waals surface area contributed by atoms with Gasteiger partial charge in [-0.25, -0.2) is 4.79 Å². The fourth-order valence-electron chi connectivity index (χ4n) is 1.72. The summed E-state index contributed by atoms with van der Waals surface area (Å²) < 4.78 is 5.04. The molecule has 0 fully saturated rings. The fourth-order valence-corrected chi connectivity index (χ4v) is 1.72. The molecule has 2 aromatic carbocycles. The summed E-state index contributed by atoms with van der Waals surface area (Å²) in [5, 5.41) is 5.19. The van der Waals surface area contributed by atoms with Crippen LogP contribution < -0.4 is 21.1 Å². The quantitative estimate of drug-likeness (QED) is 0.805. The SMILES string of the molecule is COc1ccc(C(=O)Nc2ccc(NC(N)=O)cc2)cc1. The lowest BCUT2D eigenvalue weighted by molar-refractivity contribution is 0.102. The monoisotopic (exact) mass is 285 g/mol. The van der Waals surface area contributed by atoms with Gasteiger partial charge < -0.3 is 21.1 Å². The van der Waals surface area contributed by atoms with E-state index in [1.54, 1.807) is 55.6 Å². The lowest BCUT2D eigenvalue weighted by Crippen LogP contribution is -2.19. The smallest absolute Gasteiger partial charge is 0.316 e. The Morgan fingerprint density at radius 2 is 1.43 bits per heavy atom. The summed E-state index contributed by atoms with van der Waals surface area (Å²) in [5.41, 5.74) is 6.71. The molecule has 3 amide bonds.